The molecule has 0 aromatic heterocycles. The third kappa shape index (κ3) is 1.30. The Morgan fingerprint density at radius 2 is 1.82 bits per heavy atom. The molecule has 2 bridgehead atoms. The van der Waals surface area contributed by atoms with Crippen LogP contribution in [0.15, 0.2) is 0 Å². The van der Waals surface area contributed by atoms with Crippen LogP contribution in [0.3, 0.4) is 0 Å². The lowest BCUT2D eigenvalue weighted by atomic mass is 9.74. The summed E-state index contributed by atoms with van der Waals surface area (Å²) in [7, 11) is 2.11. The second-order valence-corrected chi connectivity index (χ2v) is 3.92. The predicted molar refractivity (Wildman–Crippen MR) is 46.5 cm³/mol. The number of piperidine rings is 1. The van der Waals surface area contributed by atoms with E-state index in [2.05, 4.69) is 17.7 Å². The second kappa shape index (κ2) is 3.11. The zero-order valence-corrected chi connectivity index (χ0v) is 7.27. The third-order valence-electron chi connectivity index (χ3n) is 3.31. The summed E-state index contributed by atoms with van der Waals surface area (Å²) in [4.78, 5) is 0. The molecule has 0 spiro atoms. The maximum atomic E-state index is 3.51. The van der Waals surface area contributed by atoms with Crippen molar-refractivity contribution in [2.75, 3.05) is 20.1 Å². The molecule has 2 unspecified atom stereocenters. The molecule has 2 atom stereocenters. The van der Waals surface area contributed by atoms with E-state index in [4.69, 9.17) is 0 Å². The minimum Gasteiger partial charge on any atom is -0.316 e. The van der Waals surface area contributed by atoms with Crippen LogP contribution in [0.2, 0.25) is 0 Å². The highest BCUT2D eigenvalue weighted by molar-refractivity contribution is 4.92. The van der Waals surface area contributed by atoms with Gasteiger partial charge in [-0.1, -0.05) is 6.42 Å². The van der Waals surface area contributed by atoms with Crippen molar-refractivity contribution in [1.29, 1.82) is 0 Å². The molecule has 1 saturated heterocycles. The lowest BCUT2D eigenvalue weighted by Gasteiger charge is -2.42. The average Bonchev–Trinajstić information content (AvgIpc) is 2.03. The zero-order valence-electron chi connectivity index (χ0n) is 7.27. The van der Waals surface area contributed by atoms with E-state index in [1.807, 2.05) is 0 Å². The molecule has 0 amide bonds. The van der Waals surface area contributed by atoms with Gasteiger partial charge in [-0.15, -0.1) is 0 Å². The first kappa shape index (κ1) is 7.56. The van der Waals surface area contributed by atoms with Gasteiger partial charge in [0, 0.05) is 6.04 Å². The first-order valence-corrected chi connectivity index (χ1v) is 4.80. The summed E-state index contributed by atoms with van der Waals surface area (Å²) in [6.07, 6.45) is 4.30. The zero-order chi connectivity index (χ0) is 7.68. The van der Waals surface area contributed by atoms with Gasteiger partial charge in [0.15, 0.2) is 0 Å². The van der Waals surface area contributed by atoms with Crippen LogP contribution in [0.5, 0.6) is 0 Å². The minimum absolute atomic E-state index is 0.810. The van der Waals surface area contributed by atoms with Crippen molar-refractivity contribution < 1.29 is 0 Å². The maximum absolute atomic E-state index is 3.51. The second-order valence-electron chi connectivity index (χ2n) is 3.92. The minimum atomic E-state index is 0.810. The first-order chi connectivity index (χ1) is 5.42. The van der Waals surface area contributed by atoms with Gasteiger partial charge >= 0.3 is 0 Å². The van der Waals surface area contributed by atoms with Gasteiger partial charge in [0.1, 0.15) is 0 Å². The van der Waals surface area contributed by atoms with Crippen molar-refractivity contribution in [3.05, 3.63) is 0 Å². The summed E-state index contributed by atoms with van der Waals surface area (Å²) in [6.45, 7) is 2.48. The number of rotatable bonds is 1. The molecule has 1 aliphatic heterocycles. The topological polar surface area (TPSA) is 24.1 Å². The van der Waals surface area contributed by atoms with Gasteiger partial charge in [-0.05, 0) is 44.8 Å². The van der Waals surface area contributed by atoms with Crippen LogP contribution in [0.1, 0.15) is 19.3 Å². The van der Waals surface area contributed by atoms with Crippen molar-refractivity contribution in [2.24, 2.45) is 11.8 Å². The Morgan fingerprint density at radius 1 is 1.18 bits per heavy atom. The summed E-state index contributed by atoms with van der Waals surface area (Å²) in [5, 5.41) is 6.98. The molecule has 0 aromatic carbocycles. The van der Waals surface area contributed by atoms with E-state index in [9.17, 15) is 0 Å². The summed E-state index contributed by atoms with van der Waals surface area (Å²) in [5.41, 5.74) is 0. The highest BCUT2D eigenvalue weighted by Gasteiger charge is 2.34. The van der Waals surface area contributed by atoms with E-state index >= 15 is 0 Å². The molecule has 1 aliphatic carbocycles. The van der Waals surface area contributed by atoms with Crippen molar-refractivity contribution in [1.82, 2.24) is 10.6 Å². The molecule has 0 radical (unpaired) electrons. The van der Waals surface area contributed by atoms with Gasteiger partial charge in [-0.3, -0.25) is 0 Å². The van der Waals surface area contributed by atoms with Crippen LogP contribution in [-0.2, 0) is 0 Å². The Labute approximate surface area is 68.7 Å². The Morgan fingerprint density at radius 3 is 2.27 bits per heavy atom. The lowest BCUT2D eigenvalue weighted by Crippen LogP contribution is -2.54. The molecule has 2 N–H and O–H groups in total. The van der Waals surface area contributed by atoms with Gasteiger partial charge in [0.05, 0.1) is 0 Å². The van der Waals surface area contributed by atoms with E-state index in [0.29, 0.717) is 0 Å². The average molecular weight is 154 g/mol. The van der Waals surface area contributed by atoms with Crippen molar-refractivity contribution >= 4 is 0 Å². The normalized spacial score (nSPS) is 43.9. The fourth-order valence-electron chi connectivity index (χ4n) is 2.77. The highest BCUT2D eigenvalue weighted by atomic mass is 15.0. The number of hydrogen-bond donors (Lipinski definition) is 2. The fourth-order valence-corrected chi connectivity index (χ4v) is 2.77. The fraction of sp³-hybridized carbons (Fsp3) is 1.00. The molecule has 2 heteroatoms. The standard InChI is InChI=1S/C9H18N2/c1-10-9-7-3-2-4-8(9)6-11-5-7/h7-11H,2-6H2,1H3. The first-order valence-electron chi connectivity index (χ1n) is 4.80. The number of fused-ring (bicyclic) bond motifs is 2. The molecule has 2 aliphatic rings. The lowest BCUT2D eigenvalue weighted by molar-refractivity contribution is 0.146. The monoisotopic (exact) mass is 154 g/mol. The van der Waals surface area contributed by atoms with Crippen LogP contribution in [0.4, 0.5) is 0 Å². The Bertz CT molecular complexity index is 114. The molecule has 1 heterocycles. The van der Waals surface area contributed by atoms with Crippen molar-refractivity contribution in [2.45, 2.75) is 25.3 Å². The highest BCUT2D eigenvalue weighted by Crippen LogP contribution is 2.31. The van der Waals surface area contributed by atoms with Crippen LogP contribution in [0, 0.1) is 11.8 Å². The van der Waals surface area contributed by atoms with Gasteiger partial charge in [-0.2, -0.15) is 0 Å². The summed E-state index contributed by atoms with van der Waals surface area (Å²) >= 11 is 0. The maximum Gasteiger partial charge on any atom is 0.0145 e. The van der Waals surface area contributed by atoms with Gasteiger partial charge in [0.2, 0.25) is 0 Å². The molecule has 64 valence electrons. The summed E-state index contributed by atoms with van der Waals surface area (Å²) in [5.74, 6) is 1.82. The van der Waals surface area contributed by atoms with E-state index in [1.54, 1.807) is 0 Å². The molecule has 11 heavy (non-hydrogen) atoms. The third-order valence-corrected chi connectivity index (χ3v) is 3.31. The number of nitrogens with one attached hydrogen (secondary N) is 2. The van der Waals surface area contributed by atoms with E-state index in [-0.39, 0.29) is 0 Å². The van der Waals surface area contributed by atoms with Crippen molar-refractivity contribution in [3.63, 3.8) is 0 Å². The van der Waals surface area contributed by atoms with Crippen LogP contribution in [0.25, 0.3) is 0 Å². The van der Waals surface area contributed by atoms with E-state index in [0.717, 1.165) is 17.9 Å². The number of hydrogen-bond acceptors (Lipinski definition) is 2. The Hall–Kier alpha value is -0.0800. The van der Waals surface area contributed by atoms with Gasteiger partial charge in [-0.25, -0.2) is 0 Å². The molecule has 2 fully saturated rings. The Kier molecular flexibility index (Phi) is 2.14. The van der Waals surface area contributed by atoms with Crippen LogP contribution in [-0.4, -0.2) is 26.2 Å². The SMILES string of the molecule is CNC1C2CCCC1CNC2. The molecular formula is C9H18N2. The molecule has 1 saturated carbocycles. The van der Waals surface area contributed by atoms with Crippen molar-refractivity contribution in [3.8, 4) is 0 Å². The largest absolute Gasteiger partial charge is 0.316 e. The van der Waals surface area contributed by atoms with Crippen LogP contribution < -0.4 is 10.6 Å². The molecule has 0 aromatic rings. The smallest absolute Gasteiger partial charge is 0.0145 e. The molecular weight excluding hydrogens is 136 g/mol. The van der Waals surface area contributed by atoms with E-state index < -0.39 is 0 Å². The van der Waals surface area contributed by atoms with Gasteiger partial charge in [0.25, 0.3) is 0 Å². The van der Waals surface area contributed by atoms with Crippen LogP contribution >= 0.6 is 0 Å². The van der Waals surface area contributed by atoms with Gasteiger partial charge < -0.3 is 10.6 Å². The Balaban J connectivity index is 2.04. The summed E-state index contributed by atoms with van der Waals surface area (Å²) in [6, 6.07) is 0.810. The quantitative estimate of drug-likeness (QED) is 0.578. The summed E-state index contributed by atoms with van der Waals surface area (Å²) < 4.78 is 0. The van der Waals surface area contributed by atoms with E-state index in [1.165, 1.54) is 32.4 Å². The molecule has 2 nitrogen and oxygen atoms in total. The predicted octanol–water partition coefficient (Wildman–Crippen LogP) is 0.594. The molecule has 2 rings (SSSR count).